The van der Waals surface area contributed by atoms with E-state index >= 15 is 0 Å². The molecular weight excluding hydrogens is 206 g/mol. The largest absolute Gasteiger partial charge is 0.507 e. The Morgan fingerprint density at radius 2 is 2.31 bits per heavy atom. The summed E-state index contributed by atoms with van der Waals surface area (Å²) < 4.78 is 0. The van der Waals surface area contributed by atoms with Gasteiger partial charge in [-0.3, -0.25) is 0 Å². The summed E-state index contributed by atoms with van der Waals surface area (Å²) in [7, 11) is 0. The van der Waals surface area contributed by atoms with Gasteiger partial charge in [0.25, 0.3) is 0 Å². The van der Waals surface area contributed by atoms with E-state index in [9.17, 15) is 9.90 Å². The second kappa shape index (κ2) is 4.53. The van der Waals surface area contributed by atoms with Crippen LogP contribution in [0.5, 0.6) is 5.75 Å². The lowest BCUT2D eigenvalue weighted by Crippen LogP contribution is -2.24. The topological polar surface area (TPSA) is 69.6 Å². The fraction of sp³-hybridized carbons (Fsp3) is 0.417. The predicted octanol–water partition coefficient (Wildman–Crippen LogP) is 1.38. The van der Waals surface area contributed by atoms with E-state index in [1.165, 1.54) is 6.07 Å². The molecule has 16 heavy (non-hydrogen) atoms. The quantitative estimate of drug-likeness (QED) is 0.721. The summed E-state index contributed by atoms with van der Waals surface area (Å²) in [6.45, 7) is 0.992. The number of rotatable bonds is 3. The highest BCUT2D eigenvalue weighted by Gasteiger charge is 2.20. The summed E-state index contributed by atoms with van der Waals surface area (Å²) in [5.41, 5.74) is 0.739. The lowest BCUT2D eigenvalue weighted by molar-refractivity contribution is 0.0692. The smallest absolute Gasteiger partial charge is 0.339 e. The minimum absolute atomic E-state index is 0.0381. The number of carboxylic acids is 1. The third kappa shape index (κ3) is 2.17. The van der Waals surface area contributed by atoms with E-state index in [0.29, 0.717) is 18.0 Å². The fourth-order valence-electron chi connectivity index (χ4n) is 2.20. The van der Waals surface area contributed by atoms with E-state index < -0.39 is 5.97 Å². The van der Waals surface area contributed by atoms with Gasteiger partial charge in [-0.05, 0) is 37.4 Å². The van der Waals surface area contributed by atoms with Crippen LogP contribution in [-0.2, 0) is 6.42 Å². The monoisotopic (exact) mass is 221 g/mol. The summed E-state index contributed by atoms with van der Waals surface area (Å²) >= 11 is 0. The third-order valence-electron chi connectivity index (χ3n) is 2.97. The SMILES string of the molecule is O=C(O)c1c(O)cccc1CC1CCCN1. The van der Waals surface area contributed by atoms with E-state index in [1.807, 2.05) is 0 Å². The Balaban J connectivity index is 2.25. The second-order valence-corrected chi connectivity index (χ2v) is 4.11. The first-order valence-electron chi connectivity index (χ1n) is 5.46. The molecule has 2 rings (SSSR count). The van der Waals surface area contributed by atoms with Crippen LogP contribution in [0.3, 0.4) is 0 Å². The third-order valence-corrected chi connectivity index (χ3v) is 2.97. The van der Waals surface area contributed by atoms with Gasteiger partial charge in [-0.1, -0.05) is 12.1 Å². The van der Waals surface area contributed by atoms with Gasteiger partial charge in [0.15, 0.2) is 0 Å². The molecule has 0 bridgehead atoms. The van der Waals surface area contributed by atoms with Gasteiger partial charge >= 0.3 is 5.97 Å². The molecule has 0 radical (unpaired) electrons. The number of benzene rings is 1. The molecule has 0 saturated carbocycles. The Hall–Kier alpha value is -1.55. The number of nitrogens with one attached hydrogen (secondary N) is 1. The van der Waals surface area contributed by atoms with E-state index in [1.54, 1.807) is 12.1 Å². The Bertz CT molecular complexity index is 397. The van der Waals surface area contributed by atoms with Gasteiger partial charge in [-0.15, -0.1) is 0 Å². The first kappa shape index (κ1) is 11.0. The first-order chi connectivity index (χ1) is 7.68. The molecule has 0 aliphatic carbocycles. The molecule has 1 aliphatic rings. The number of hydrogen-bond donors (Lipinski definition) is 3. The van der Waals surface area contributed by atoms with Crippen LogP contribution in [0.4, 0.5) is 0 Å². The van der Waals surface area contributed by atoms with Crippen molar-refractivity contribution in [3.05, 3.63) is 29.3 Å². The van der Waals surface area contributed by atoms with Crippen LogP contribution in [0.2, 0.25) is 0 Å². The normalized spacial score (nSPS) is 19.9. The Morgan fingerprint density at radius 1 is 1.50 bits per heavy atom. The standard InChI is InChI=1S/C12H15NO3/c14-10-5-1-3-8(11(10)12(15)16)7-9-4-2-6-13-9/h1,3,5,9,13-14H,2,4,6-7H2,(H,15,16). The fourth-order valence-corrected chi connectivity index (χ4v) is 2.20. The minimum Gasteiger partial charge on any atom is -0.507 e. The summed E-state index contributed by atoms with van der Waals surface area (Å²) in [5.74, 6) is -1.21. The number of aromatic carboxylic acids is 1. The molecule has 4 nitrogen and oxygen atoms in total. The van der Waals surface area contributed by atoms with Gasteiger partial charge in [0, 0.05) is 6.04 Å². The predicted molar refractivity (Wildman–Crippen MR) is 59.8 cm³/mol. The summed E-state index contributed by atoms with van der Waals surface area (Å²) in [6, 6.07) is 5.20. The van der Waals surface area contributed by atoms with Crippen molar-refractivity contribution >= 4 is 5.97 Å². The highest BCUT2D eigenvalue weighted by molar-refractivity contribution is 5.92. The molecule has 1 atom stereocenters. The molecular formula is C12H15NO3. The lowest BCUT2D eigenvalue weighted by atomic mass is 9.98. The molecule has 4 heteroatoms. The molecule has 1 aromatic rings. The minimum atomic E-state index is -1.06. The molecule has 0 amide bonds. The van der Waals surface area contributed by atoms with Crippen LogP contribution in [0.15, 0.2) is 18.2 Å². The zero-order valence-electron chi connectivity index (χ0n) is 8.94. The molecule has 0 aromatic heterocycles. The van der Waals surface area contributed by atoms with Crippen LogP contribution in [-0.4, -0.2) is 28.8 Å². The number of hydrogen-bond acceptors (Lipinski definition) is 3. The Labute approximate surface area is 93.9 Å². The van der Waals surface area contributed by atoms with Crippen molar-refractivity contribution in [3.8, 4) is 5.75 Å². The maximum absolute atomic E-state index is 11.0. The van der Waals surface area contributed by atoms with Crippen molar-refractivity contribution < 1.29 is 15.0 Å². The van der Waals surface area contributed by atoms with Crippen molar-refractivity contribution in [1.29, 1.82) is 0 Å². The Kier molecular flexibility index (Phi) is 3.10. The summed E-state index contributed by atoms with van der Waals surface area (Å²) in [4.78, 5) is 11.0. The highest BCUT2D eigenvalue weighted by atomic mass is 16.4. The van der Waals surface area contributed by atoms with Crippen LogP contribution in [0, 0.1) is 0 Å². The second-order valence-electron chi connectivity index (χ2n) is 4.11. The molecule has 86 valence electrons. The lowest BCUT2D eigenvalue weighted by Gasteiger charge is -2.12. The zero-order valence-corrected chi connectivity index (χ0v) is 8.94. The average molecular weight is 221 g/mol. The van der Waals surface area contributed by atoms with Crippen molar-refractivity contribution in [2.75, 3.05) is 6.54 Å². The van der Waals surface area contributed by atoms with E-state index in [4.69, 9.17) is 5.11 Å². The molecule has 1 saturated heterocycles. The zero-order chi connectivity index (χ0) is 11.5. The molecule has 1 heterocycles. The van der Waals surface area contributed by atoms with Crippen molar-refractivity contribution in [2.24, 2.45) is 0 Å². The summed E-state index contributed by atoms with van der Waals surface area (Å²) in [5, 5.41) is 21.9. The van der Waals surface area contributed by atoms with Gasteiger partial charge in [-0.25, -0.2) is 4.79 Å². The van der Waals surface area contributed by atoms with Crippen molar-refractivity contribution in [1.82, 2.24) is 5.32 Å². The van der Waals surface area contributed by atoms with Crippen LogP contribution < -0.4 is 5.32 Å². The molecule has 0 spiro atoms. The average Bonchev–Trinajstić information content (AvgIpc) is 2.70. The van der Waals surface area contributed by atoms with E-state index in [-0.39, 0.29) is 11.3 Å². The van der Waals surface area contributed by atoms with Gasteiger partial charge in [0.2, 0.25) is 0 Å². The van der Waals surface area contributed by atoms with Gasteiger partial charge < -0.3 is 15.5 Å². The number of aromatic hydroxyl groups is 1. The maximum Gasteiger partial charge on any atom is 0.339 e. The Morgan fingerprint density at radius 3 is 2.94 bits per heavy atom. The number of phenols is 1. The van der Waals surface area contributed by atoms with Crippen LogP contribution in [0.1, 0.15) is 28.8 Å². The number of carboxylic acid groups (broad SMARTS) is 1. The molecule has 3 N–H and O–H groups in total. The van der Waals surface area contributed by atoms with Gasteiger partial charge in [0.1, 0.15) is 11.3 Å². The van der Waals surface area contributed by atoms with Gasteiger partial charge in [-0.2, -0.15) is 0 Å². The van der Waals surface area contributed by atoms with E-state index in [0.717, 1.165) is 19.4 Å². The van der Waals surface area contributed by atoms with Crippen molar-refractivity contribution in [3.63, 3.8) is 0 Å². The number of carbonyl (C=O) groups is 1. The van der Waals surface area contributed by atoms with Crippen LogP contribution in [0.25, 0.3) is 0 Å². The maximum atomic E-state index is 11.0. The van der Waals surface area contributed by atoms with Gasteiger partial charge in [0.05, 0.1) is 0 Å². The molecule has 1 aromatic carbocycles. The molecule has 1 aliphatic heterocycles. The molecule has 1 fully saturated rings. The molecule has 1 unspecified atom stereocenters. The van der Waals surface area contributed by atoms with E-state index in [2.05, 4.69) is 5.32 Å². The first-order valence-corrected chi connectivity index (χ1v) is 5.46. The van der Waals surface area contributed by atoms with Crippen molar-refractivity contribution in [2.45, 2.75) is 25.3 Å². The van der Waals surface area contributed by atoms with Crippen LogP contribution >= 0.6 is 0 Å². The summed E-state index contributed by atoms with van der Waals surface area (Å²) in [6.07, 6.45) is 2.86. The highest BCUT2D eigenvalue weighted by Crippen LogP contribution is 2.23.